The van der Waals surface area contributed by atoms with Crippen LogP contribution in [-0.2, 0) is 5.66 Å². The number of nitrogens with zero attached hydrogens (tertiary/aromatic N) is 2. The van der Waals surface area contributed by atoms with Crippen molar-refractivity contribution in [3.05, 3.63) is 47.7 Å². The van der Waals surface area contributed by atoms with E-state index >= 15 is 0 Å². The first-order valence-electron chi connectivity index (χ1n) is 7.14. The van der Waals surface area contributed by atoms with Crippen molar-refractivity contribution < 1.29 is 4.79 Å². The molecule has 1 saturated heterocycles. The molecular formula is C15H19N5OS. The first-order chi connectivity index (χ1) is 10.6. The Morgan fingerprint density at radius 2 is 1.95 bits per heavy atom. The molecule has 0 aromatic heterocycles. The minimum absolute atomic E-state index is 0.0751. The van der Waals surface area contributed by atoms with Crippen molar-refractivity contribution in [1.29, 1.82) is 0 Å². The molecular weight excluding hydrogens is 298 g/mol. The average molecular weight is 317 g/mol. The maximum atomic E-state index is 12.4. The lowest BCUT2D eigenvalue weighted by Gasteiger charge is -2.30. The van der Waals surface area contributed by atoms with Crippen LogP contribution in [0.2, 0.25) is 0 Å². The maximum Gasteiger partial charge on any atom is 0.253 e. The summed E-state index contributed by atoms with van der Waals surface area (Å²) in [6.07, 6.45) is 3.32. The van der Waals surface area contributed by atoms with Crippen LogP contribution in [0.3, 0.4) is 0 Å². The molecule has 1 aromatic carbocycles. The van der Waals surface area contributed by atoms with E-state index in [1.54, 1.807) is 12.3 Å². The molecule has 116 valence electrons. The fraction of sp³-hybridized carbons (Fsp3) is 0.333. The highest BCUT2D eigenvalue weighted by atomic mass is 32.2. The van der Waals surface area contributed by atoms with E-state index in [0.29, 0.717) is 5.56 Å². The molecule has 0 bridgehead atoms. The van der Waals surface area contributed by atoms with Gasteiger partial charge in [-0.15, -0.1) is 0 Å². The van der Waals surface area contributed by atoms with Gasteiger partial charge in [-0.1, -0.05) is 12.1 Å². The molecule has 0 saturated carbocycles. The molecule has 2 heterocycles. The lowest BCUT2D eigenvalue weighted by atomic mass is 9.98. The highest BCUT2D eigenvalue weighted by Crippen LogP contribution is 2.20. The van der Waals surface area contributed by atoms with Gasteiger partial charge in [-0.2, -0.15) is 11.8 Å². The van der Waals surface area contributed by atoms with E-state index in [4.69, 9.17) is 11.5 Å². The quantitative estimate of drug-likeness (QED) is 0.734. The standard InChI is InChI=1S/C15H19N5OS/c16-14-18-6-5-15(17,19-14)12-3-1-11(2-4-12)13(21)20-7-9-22-10-8-20/h1-6H,7-10,17H2,(H3,16,18,19). The topological polar surface area (TPSA) is 96.7 Å². The molecule has 22 heavy (non-hydrogen) atoms. The van der Waals surface area contributed by atoms with Crippen LogP contribution in [0.4, 0.5) is 0 Å². The third-order valence-electron chi connectivity index (χ3n) is 3.79. The van der Waals surface area contributed by atoms with Crippen LogP contribution in [0.1, 0.15) is 15.9 Å². The molecule has 2 aliphatic heterocycles. The molecule has 1 atom stereocenters. The fourth-order valence-electron chi connectivity index (χ4n) is 2.53. The Morgan fingerprint density at radius 3 is 2.59 bits per heavy atom. The van der Waals surface area contributed by atoms with Crippen molar-refractivity contribution in [3.63, 3.8) is 0 Å². The summed E-state index contributed by atoms with van der Waals surface area (Å²) < 4.78 is 0. The minimum Gasteiger partial charge on any atom is -0.370 e. The molecule has 6 nitrogen and oxygen atoms in total. The smallest absolute Gasteiger partial charge is 0.253 e. The number of guanidine groups is 1. The van der Waals surface area contributed by atoms with Crippen LogP contribution < -0.4 is 16.8 Å². The Hall–Kier alpha value is -1.99. The Labute approximate surface area is 133 Å². The third-order valence-corrected chi connectivity index (χ3v) is 4.74. The first-order valence-corrected chi connectivity index (χ1v) is 8.29. The largest absolute Gasteiger partial charge is 0.370 e. The Bertz CT molecular complexity index is 621. The predicted molar refractivity (Wildman–Crippen MR) is 89.4 cm³/mol. The zero-order valence-corrected chi connectivity index (χ0v) is 13.0. The van der Waals surface area contributed by atoms with E-state index < -0.39 is 5.66 Å². The second kappa shape index (κ2) is 6.02. The lowest BCUT2D eigenvalue weighted by Crippen LogP contribution is -2.55. The van der Waals surface area contributed by atoms with Gasteiger partial charge in [0.2, 0.25) is 0 Å². The number of thioether (sulfide) groups is 1. The van der Waals surface area contributed by atoms with E-state index in [9.17, 15) is 4.79 Å². The molecule has 1 amide bonds. The van der Waals surface area contributed by atoms with E-state index in [0.717, 1.165) is 30.2 Å². The fourth-order valence-corrected chi connectivity index (χ4v) is 3.43. The van der Waals surface area contributed by atoms with E-state index in [1.807, 2.05) is 40.9 Å². The van der Waals surface area contributed by atoms with Crippen molar-refractivity contribution in [1.82, 2.24) is 10.2 Å². The number of carbonyl (C=O) groups is 1. The maximum absolute atomic E-state index is 12.4. The Kier molecular flexibility index (Phi) is 4.08. The minimum atomic E-state index is -0.894. The van der Waals surface area contributed by atoms with Gasteiger partial charge in [0.25, 0.3) is 5.91 Å². The van der Waals surface area contributed by atoms with Crippen molar-refractivity contribution in [3.8, 4) is 0 Å². The Morgan fingerprint density at radius 1 is 1.27 bits per heavy atom. The van der Waals surface area contributed by atoms with Gasteiger partial charge in [-0.05, 0) is 23.8 Å². The number of nitrogens with one attached hydrogen (secondary N) is 1. The van der Waals surface area contributed by atoms with Crippen LogP contribution in [0.15, 0.2) is 41.5 Å². The summed E-state index contributed by atoms with van der Waals surface area (Å²) in [5.74, 6) is 2.36. The summed E-state index contributed by atoms with van der Waals surface area (Å²) in [6, 6.07) is 7.32. The molecule has 0 spiro atoms. The van der Waals surface area contributed by atoms with Gasteiger partial charge in [0.1, 0.15) is 5.66 Å². The van der Waals surface area contributed by atoms with Crippen molar-refractivity contribution >= 4 is 23.6 Å². The summed E-state index contributed by atoms with van der Waals surface area (Å²) in [4.78, 5) is 18.2. The summed E-state index contributed by atoms with van der Waals surface area (Å²) in [5, 5.41) is 2.94. The molecule has 0 aliphatic carbocycles. The number of hydrogen-bond donors (Lipinski definition) is 3. The molecule has 1 fully saturated rings. The van der Waals surface area contributed by atoms with E-state index in [1.165, 1.54) is 0 Å². The van der Waals surface area contributed by atoms with E-state index in [2.05, 4.69) is 10.3 Å². The zero-order chi connectivity index (χ0) is 15.6. The number of hydrogen-bond acceptors (Lipinski definition) is 6. The molecule has 0 radical (unpaired) electrons. The summed E-state index contributed by atoms with van der Waals surface area (Å²) in [5.41, 5.74) is 12.6. The Balaban J connectivity index is 1.76. The predicted octanol–water partition coefficient (Wildman–Crippen LogP) is 0.419. The SMILES string of the molecule is NC1=NC=CC(N)(c2ccc(C(=O)N3CCSCC3)cc2)N1. The number of carbonyl (C=O) groups excluding carboxylic acids is 1. The normalized spacial score (nSPS) is 24.6. The number of aliphatic imine (C=N–C) groups is 1. The molecule has 3 rings (SSSR count). The first kappa shape index (κ1) is 14.9. The summed E-state index contributed by atoms with van der Waals surface area (Å²) in [7, 11) is 0. The van der Waals surface area contributed by atoms with Gasteiger partial charge < -0.3 is 21.7 Å². The second-order valence-electron chi connectivity index (χ2n) is 5.31. The summed E-state index contributed by atoms with van der Waals surface area (Å²) in [6.45, 7) is 1.62. The molecule has 1 unspecified atom stereocenters. The molecule has 5 N–H and O–H groups in total. The number of rotatable bonds is 2. The average Bonchev–Trinajstić information content (AvgIpc) is 2.55. The van der Waals surface area contributed by atoms with Crippen LogP contribution in [0, 0.1) is 0 Å². The van der Waals surface area contributed by atoms with Crippen LogP contribution in [0.25, 0.3) is 0 Å². The van der Waals surface area contributed by atoms with Gasteiger partial charge in [0.05, 0.1) is 0 Å². The van der Waals surface area contributed by atoms with E-state index in [-0.39, 0.29) is 11.9 Å². The van der Waals surface area contributed by atoms with Gasteiger partial charge in [0.15, 0.2) is 5.96 Å². The third kappa shape index (κ3) is 2.95. The molecule has 7 heteroatoms. The second-order valence-corrected chi connectivity index (χ2v) is 6.53. The zero-order valence-electron chi connectivity index (χ0n) is 12.2. The number of benzene rings is 1. The van der Waals surface area contributed by atoms with Crippen LogP contribution in [-0.4, -0.2) is 41.4 Å². The lowest BCUT2D eigenvalue weighted by molar-refractivity contribution is 0.0772. The van der Waals surface area contributed by atoms with Crippen molar-refractivity contribution in [2.45, 2.75) is 5.66 Å². The number of nitrogens with two attached hydrogens (primary N) is 2. The van der Waals surface area contributed by atoms with Crippen LogP contribution in [0.5, 0.6) is 0 Å². The molecule has 1 aromatic rings. The monoisotopic (exact) mass is 317 g/mol. The highest BCUT2D eigenvalue weighted by molar-refractivity contribution is 7.99. The van der Waals surface area contributed by atoms with Crippen molar-refractivity contribution in [2.75, 3.05) is 24.6 Å². The van der Waals surface area contributed by atoms with Gasteiger partial charge in [-0.25, -0.2) is 4.99 Å². The van der Waals surface area contributed by atoms with Gasteiger partial charge in [-0.3, -0.25) is 4.79 Å². The van der Waals surface area contributed by atoms with Crippen LogP contribution >= 0.6 is 11.8 Å². The van der Waals surface area contributed by atoms with Gasteiger partial charge in [0, 0.05) is 36.4 Å². The van der Waals surface area contributed by atoms with Gasteiger partial charge >= 0.3 is 0 Å². The van der Waals surface area contributed by atoms with Crippen molar-refractivity contribution in [2.24, 2.45) is 16.5 Å². The summed E-state index contributed by atoms with van der Waals surface area (Å²) >= 11 is 1.88. The highest BCUT2D eigenvalue weighted by Gasteiger charge is 2.27. The number of amides is 1. The molecule has 2 aliphatic rings.